The number of nitrogens with zero attached hydrogens (tertiary/aromatic N) is 1. The van der Waals surface area contributed by atoms with E-state index in [0.29, 0.717) is 4.90 Å². The molecule has 0 saturated carbocycles. The van der Waals surface area contributed by atoms with Crippen molar-refractivity contribution in [2.75, 3.05) is 0 Å². The zero-order valence-corrected chi connectivity index (χ0v) is 10.5. The average Bonchev–Trinajstić information content (AvgIpc) is 2.39. The summed E-state index contributed by atoms with van der Waals surface area (Å²) in [6, 6.07) is 13.1. The van der Waals surface area contributed by atoms with Gasteiger partial charge in [-0.15, -0.1) is 0 Å². The van der Waals surface area contributed by atoms with Crippen molar-refractivity contribution in [3.63, 3.8) is 0 Å². The Morgan fingerprint density at radius 3 is 2.42 bits per heavy atom. The van der Waals surface area contributed by atoms with E-state index in [-0.39, 0.29) is 11.3 Å². The van der Waals surface area contributed by atoms with Crippen LogP contribution in [0.3, 0.4) is 0 Å². The number of carboxylic acids is 1. The van der Waals surface area contributed by atoms with Crippen molar-refractivity contribution < 1.29 is 14.8 Å². The van der Waals surface area contributed by atoms with Crippen LogP contribution in [0.2, 0.25) is 0 Å². The SMILES string of the molecule is O=C(O)c1ccc(Sc2ccccc2)c([N+](=O)[O-])c1. The van der Waals surface area contributed by atoms with Crippen molar-refractivity contribution >= 4 is 23.4 Å². The fraction of sp³-hybridized carbons (Fsp3) is 0. The van der Waals surface area contributed by atoms with Crippen LogP contribution in [0.5, 0.6) is 0 Å². The minimum atomic E-state index is -1.18. The maximum atomic E-state index is 11.0. The fourth-order valence-electron chi connectivity index (χ4n) is 1.49. The van der Waals surface area contributed by atoms with Gasteiger partial charge in [0.15, 0.2) is 0 Å². The van der Waals surface area contributed by atoms with Crippen LogP contribution >= 0.6 is 11.8 Å². The first-order chi connectivity index (χ1) is 9.08. The second-order valence-electron chi connectivity index (χ2n) is 3.66. The highest BCUT2D eigenvalue weighted by atomic mass is 32.2. The summed E-state index contributed by atoms with van der Waals surface area (Å²) in [4.78, 5) is 22.5. The molecule has 0 bridgehead atoms. The van der Waals surface area contributed by atoms with E-state index in [1.165, 1.54) is 23.9 Å². The van der Waals surface area contributed by atoms with Gasteiger partial charge in [0.05, 0.1) is 15.4 Å². The lowest BCUT2D eigenvalue weighted by molar-refractivity contribution is -0.387. The van der Waals surface area contributed by atoms with Gasteiger partial charge in [-0.05, 0) is 24.3 Å². The molecular weight excluding hydrogens is 266 g/mol. The molecule has 0 atom stereocenters. The molecule has 5 nitrogen and oxygen atoms in total. The quantitative estimate of drug-likeness (QED) is 0.682. The summed E-state index contributed by atoms with van der Waals surface area (Å²) in [5.41, 5.74) is -0.294. The number of aromatic carboxylic acids is 1. The number of benzene rings is 2. The third kappa shape index (κ3) is 3.11. The lowest BCUT2D eigenvalue weighted by Gasteiger charge is -2.03. The standard InChI is InChI=1S/C13H9NO4S/c15-13(16)9-6-7-12(11(8-9)14(17)18)19-10-4-2-1-3-5-10/h1-8H,(H,15,16). The fourth-order valence-corrected chi connectivity index (χ4v) is 2.42. The van der Waals surface area contributed by atoms with E-state index < -0.39 is 10.9 Å². The van der Waals surface area contributed by atoms with Crippen LogP contribution in [0, 0.1) is 10.1 Å². The summed E-state index contributed by atoms with van der Waals surface area (Å²) in [6.07, 6.45) is 0. The van der Waals surface area contributed by atoms with E-state index in [0.717, 1.165) is 11.0 Å². The van der Waals surface area contributed by atoms with Gasteiger partial charge in [-0.1, -0.05) is 30.0 Å². The topological polar surface area (TPSA) is 80.4 Å². The molecule has 0 saturated heterocycles. The number of nitro benzene ring substituents is 1. The van der Waals surface area contributed by atoms with Gasteiger partial charge in [-0.2, -0.15) is 0 Å². The number of hydrogen-bond acceptors (Lipinski definition) is 4. The van der Waals surface area contributed by atoms with Crippen LogP contribution < -0.4 is 0 Å². The molecule has 0 radical (unpaired) electrons. The van der Waals surface area contributed by atoms with Gasteiger partial charge in [-0.25, -0.2) is 4.79 Å². The predicted molar refractivity (Wildman–Crippen MR) is 70.6 cm³/mol. The first kappa shape index (κ1) is 13.1. The molecular formula is C13H9NO4S. The van der Waals surface area contributed by atoms with E-state index in [1.54, 1.807) is 0 Å². The monoisotopic (exact) mass is 275 g/mol. The van der Waals surface area contributed by atoms with Crippen LogP contribution in [-0.2, 0) is 0 Å². The Morgan fingerprint density at radius 1 is 1.16 bits per heavy atom. The van der Waals surface area contributed by atoms with Crippen molar-refractivity contribution in [1.82, 2.24) is 0 Å². The number of carboxylic acid groups (broad SMARTS) is 1. The molecule has 0 heterocycles. The van der Waals surface area contributed by atoms with Crippen molar-refractivity contribution in [2.45, 2.75) is 9.79 Å². The summed E-state index contributed by atoms with van der Waals surface area (Å²) in [6.45, 7) is 0. The van der Waals surface area contributed by atoms with Crippen LogP contribution in [0.4, 0.5) is 5.69 Å². The molecule has 6 heteroatoms. The molecule has 1 N–H and O–H groups in total. The third-order valence-electron chi connectivity index (χ3n) is 2.37. The molecule has 0 amide bonds. The smallest absolute Gasteiger partial charge is 0.335 e. The van der Waals surface area contributed by atoms with E-state index >= 15 is 0 Å². The van der Waals surface area contributed by atoms with E-state index in [9.17, 15) is 14.9 Å². The zero-order chi connectivity index (χ0) is 13.8. The highest BCUT2D eigenvalue weighted by Gasteiger charge is 2.17. The molecule has 0 aromatic heterocycles. The molecule has 0 fully saturated rings. The minimum Gasteiger partial charge on any atom is -0.478 e. The average molecular weight is 275 g/mol. The second kappa shape index (κ2) is 5.53. The largest absolute Gasteiger partial charge is 0.478 e. The maximum Gasteiger partial charge on any atom is 0.335 e. The highest BCUT2D eigenvalue weighted by Crippen LogP contribution is 2.35. The number of hydrogen-bond donors (Lipinski definition) is 1. The Kier molecular flexibility index (Phi) is 3.82. The van der Waals surface area contributed by atoms with Crippen molar-refractivity contribution in [1.29, 1.82) is 0 Å². The molecule has 0 aliphatic rings. The first-order valence-corrected chi connectivity index (χ1v) is 6.14. The Hall–Kier alpha value is -2.34. The molecule has 19 heavy (non-hydrogen) atoms. The molecule has 0 aliphatic carbocycles. The van der Waals surface area contributed by atoms with Gasteiger partial charge in [0.25, 0.3) is 5.69 Å². The summed E-state index contributed by atoms with van der Waals surface area (Å²) in [7, 11) is 0. The third-order valence-corrected chi connectivity index (χ3v) is 3.45. The summed E-state index contributed by atoms with van der Waals surface area (Å²) in [5, 5.41) is 19.8. The number of nitro groups is 1. The molecule has 2 aromatic rings. The Morgan fingerprint density at radius 2 is 1.84 bits per heavy atom. The van der Waals surface area contributed by atoms with Crippen molar-refractivity contribution in [3.8, 4) is 0 Å². The van der Waals surface area contributed by atoms with Gasteiger partial charge in [0, 0.05) is 11.0 Å². The van der Waals surface area contributed by atoms with Crippen LogP contribution in [0.1, 0.15) is 10.4 Å². The zero-order valence-electron chi connectivity index (χ0n) is 9.65. The lowest BCUT2D eigenvalue weighted by atomic mass is 10.2. The molecule has 2 rings (SSSR count). The molecule has 2 aromatic carbocycles. The first-order valence-electron chi connectivity index (χ1n) is 5.32. The van der Waals surface area contributed by atoms with E-state index in [1.807, 2.05) is 30.3 Å². The maximum absolute atomic E-state index is 11.0. The van der Waals surface area contributed by atoms with Gasteiger partial charge < -0.3 is 5.11 Å². The normalized spacial score (nSPS) is 10.1. The number of carbonyl (C=O) groups is 1. The summed E-state index contributed by atoms with van der Waals surface area (Å²) in [5.74, 6) is -1.18. The van der Waals surface area contributed by atoms with Crippen LogP contribution in [-0.4, -0.2) is 16.0 Å². The second-order valence-corrected chi connectivity index (χ2v) is 4.78. The molecule has 0 spiro atoms. The minimum absolute atomic E-state index is 0.0934. The summed E-state index contributed by atoms with van der Waals surface area (Å²) >= 11 is 1.23. The Labute approximate surface area is 113 Å². The van der Waals surface area contributed by atoms with Gasteiger partial charge >= 0.3 is 5.97 Å². The highest BCUT2D eigenvalue weighted by molar-refractivity contribution is 7.99. The van der Waals surface area contributed by atoms with Gasteiger partial charge in [0.1, 0.15) is 0 Å². The van der Waals surface area contributed by atoms with Gasteiger partial charge in [0.2, 0.25) is 0 Å². The van der Waals surface area contributed by atoms with Crippen molar-refractivity contribution in [2.24, 2.45) is 0 Å². The molecule has 0 unspecified atom stereocenters. The predicted octanol–water partition coefficient (Wildman–Crippen LogP) is 3.44. The molecule has 0 aliphatic heterocycles. The van der Waals surface area contributed by atoms with E-state index in [2.05, 4.69) is 0 Å². The van der Waals surface area contributed by atoms with Crippen molar-refractivity contribution in [3.05, 3.63) is 64.2 Å². The lowest BCUT2D eigenvalue weighted by Crippen LogP contribution is -1.99. The Bertz CT molecular complexity index is 628. The van der Waals surface area contributed by atoms with E-state index in [4.69, 9.17) is 5.11 Å². The number of rotatable bonds is 4. The van der Waals surface area contributed by atoms with Crippen LogP contribution in [0.15, 0.2) is 58.3 Å². The Balaban J connectivity index is 2.40. The van der Waals surface area contributed by atoms with Crippen LogP contribution in [0.25, 0.3) is 0 Å². The summed E-state index contributed by atoms with van der Waals surface area (Å²) < 4.78 is 0. The molecule has 96 valence electrons. The van der Waals surface area contributed by atoms with Gasteiger partial charge in [-0.3, -0.25) is 10.1 Å².